The van der Waals surface area contributed by atoms with Crippen molar-refractivity contribution in [2.45, 2.75) is 26.4 Å². The van der Waals surface area contributed by atoms with Gasteiger partial charge in [0.15, 0.2) is 0 Å². The second-order valence-electron chi connectivity index (χ2n) is 3.71. The lowest BCUT2D eigenvalue weighted by molar-refractivity contribution is -0.139. The quantitative estimate of drug-likeness (QED) is 0.770. The van der Waals surface area contributed by atoms with Crippen molar-refractivity contribution in [2.75, 3.05) is 7.11 Å². The number of aryl methyl sites for hydroxylation is 1. The number of ether oxygens (including phenoxy) is 2. The predicted octanol–water partition coefficient (Wildman–Crippen LogP) is 2.44. The summed E-state index contributed by atoms with van der Waals surface area (Å²) in [7, 11) is 1.24. The standard InChI is InChI=1S/C13H13F2NO3/c1-3-8-4-9(6-12(17)18-2)10(7-16)5-11(8)19-13(14)15/h4-5,13H,3,6H2,1-2H3. The Morgan fingerprint density at radius 2 is 2.11 bits per heavy atom. The second-order valence-corrected chi connectivity index (χ2v) is 3.71. The van der Waals surface area contributed by atoms with Crippen LogP contribution in [-0.2, 0) is 22.4 Å². The average Bonchev–Trinajstić information content (AvgIpc) is 2.38. The van der Waals surface area contributed by atoms with Crippen molar-refractivity contribution < 1.29 is 23.0 Å². The van der Waals surface area contributed by atoms with Crippen molar-refractivity contribution in [3.8, 4) is 11.8 Å². The average molecular weight is 269 g/mol. The summed E-state index contributed by atoms with van der Waals surface area (Å²) in [6, 6.07) is 4.60. The molecule has 102 valence electrons. The fraction of sp³-hybridized carbons (Fsp3) is 0.385. The highest BCUT2D eigenvalue weighted by Crippen LogP contribution is 2.26. The van der Waals surface area contributed by atoms with Crippen molar-refractivity contribution in [1.82, 2.24) is 0 Å². The molecule has 4 nitrogen and oxygen atoms in total. The van der Waals surface area contributed by atoms with Crippen molar-refractivity contribution in [1.29, 1.82) is 5.26 Å². The van der Waals surface area contributed by atoms with Crippen LogP contribution in [0, 0.1) is 11.3 Å². The van der Waals surface area contributed by atoms with Crippen molar-refractivity contribution in [3.05, 3.63) is 28.8 Å². The lowest BCUT2D eigenvalue weighted by Gasteiger charge is -2.12. The molecule has 6 heteroatoms. The molecule has 0 aromatic heterocycles. The maximum atomic E-state index is 12.3. The van der Waals surface area contributed by atoms with Crippen LogP contribution in [0.2, 0.25) is 0 Å². The highest BCUT2D eigenvalue weighted by molar-refractivity contribution is 5.73. The number of carbonyl (C=O) groups excluding carboxylic acids is 1. The molecule has 1 aromatic rings. The molecule has 19 heavy (non-hydrogen) atoms. The zero-order chi connectivity index (χ0) is 14.4. The minimum absolute atomic E-state index is 0.0392. The molecule has 0 aliphatic carbocycles. The number of esters is 1. The Bertz CT molecular complexity index is 509. The van der Waals surface area contributed by atoms with Gasteiger partial charge in [0.05, 0.1) is 25.2 Å². The highest BCUT2D eigenvalue weighted by atomic mass is 19.3. The van der Waals surface area contributed by atoms with E-state index in [0.717, 1.165) is 0 Å². The number of hydrogen-bond donors (Lipinski definition) is 0. The van der Waals surface area contributed by atoms with E-state index in [4.69, 9.17) is 5.26 Å². The molecule has 0 atom stereocenters. The van der Waals surface area contributed by atoms with Gasteiger partial charge < -0.3 is 9.47 Å². The SMILES string of the molecule is CCc1cc(CC(=O)OC)c(C#N)cc1OC(F)F. The molecule has 0 fully saturated rings. The molecule has 1 aromatic carbocycles. The molecule has 0 saturated carbocycles. The Kier molecular flexibility index (Phi) is 5.24. The molecule has 0 spiro atoms. The van der Waals surface area contributed by atoms with Crippen LogP contribution in [0.5, 0.6) is 5.75 Å². The van der Waals surface area contributed by atoms with Gasteiger partial charge in [0.1, 0.15) is 5.75 Å². The number of hydrogen-bond acceptors (Lipinski definition) is 4. The molecule has 1 rings (SSSR count). The van der Waals surface area contributed by atoms with Crippen LogP contribution < -0.4 is 4.74 Å². The minimum atomic E-state index is -2.96. The van der Waals surface area contributed by atoms with Gasteiger partial charge in [0, 0.05) is 0 Å². The molecule has 0 N–H and O–H groups in total. The van der Waals surface area contributed by atoms with Gasteiger partial charge >= 0.3 is 12.6 Å². The van der Waals surface area contributed by atoms with Gasteiger partial charge in [-0.2, -0.15) is 14.0 Å². The Morgan fingerprint density at radius 1 is 1.42 bits per heavy atom. The molecular weight excluding hydrogens is 256 g/mol. The van der Waals surface area contributed by atoms with E-state index < -0.39 is 12.6 Å². The minimum Gasteiger partial charge on any atom is -0.469 e. The number of carbonyl (C=O) groups is 1. The van der Waals surface area contributed by atoms with E-state index in [2.05, 4.69) is 9.47 Å². The maximum absolute atomic E-state index is 12.3. The molecule has 0 aliphatic rings. The first-order valence-electron chi connectivity index (χ1n) is 5.59. The first-order chi connectivity index (χ1) is 9.01. The number of rotatable bonds is 5. The Morgan fingerprint density at radius 3 is 2.58 bits per heavy atom. The second kappa shape index (κ2) is 6.69. The third-order valence-corrected chi connectivity index (χ3v) is 2.57. The Labute approximate surface area is 109 Å². The van der Waals surface area contributed by atoms with E-state index in [-0.39, 0.29) is 17.7 Å². The molecule has 0 radical (unpaired) electrons. The number of halogens is 2. The summed E-state index contributed by atoms with van der Waals surface area (Å²) in [4.78, 5) is 11.2. The van der Waals surface area contributed by atoms with Crippen LogP contribution >= 0.6 is 0 Å². The molecule has 0 bridgehead atoms. The molecule has 0 amide bonds. The van der Waals surface area contributed by atoms with Gasteiger partial charge in [-0.3, -0.25) is 4.79 Å². The van der Waals surface area contributed by atoms with E-state index in [1.807, 2.05) is 6.07 Å². The van der Waals surface area contributed by atoms with Gasteiger partial charge in [0.25, 0.3) is 0 Å². The van der Waals surface area contributed by atoms with Crippen LogP contribution in [0.25, 0.3) is 0 Å². The third-order valence-electron chi connectivity index (χ3n) is 2.57. The predicted molar refractivity (Wildman–Crippen MR) is 62.9 cm³/mol. The summed E-state index contributed by atoms with van der Waals surface area (Å²) in [6.45, 7) is -1.19. The first kappa shape index (κ1) is 14.9. The summed E-state index contributed by atoms with van der Waals surface area (Å²) < 4.78 is 33.4. The van der Waals surface area contributed by atoms with Gasteiger partial charge in [0.2, 0.25) is 0 Å². The molecule has 0 saturated heterocycles. The maximum Gasteiger partial charge on any atom is 0.387 e. The van der Waals surface area contributed by atoms with Gasteiger partial charge in [-0.05, 0) is 23.6 Å². The normalized spacial score (nSPS) is 10.1. The summed E-state index contributed by atoms with van der Waals surface area (Å²) >= 11 is 0. The zero-order valence-corrected chi connectivity index (χ0v) is 10.6. The highest BCUT2D eigenvalue weighted by Gasteiger charge is 2.15. The van der Waals surface area contributed by atoms with Crippen molar-refractivity contribution >= 4 is 5.97 Å². The van der Waals surface area contributed by atoms with Crippen molar-refractivity contribution in [3.63, 3.8) is 0 Å². The topological polar surface area (TPSA) is 59.3 Å². The van der Waals surface area contributed by atoms with Gasteiger partial charge in [-0.15, -0.1) is 0 Å². The monoisotopic (exact) mass is 269 g/mol. The van der Waals surface area contributed by atoms with E-state index >= 15 is 0 Å². The van der Waals surface area contributed by atoms with Crippen molar-refractivity contribution in [2.24, 2.45) is 0 Å². The summed E-state index contributed by atoms with van der Waals surface area (Å²) in [5.41, 5.74) is 1.07. The number of alkyl halides is 2. The third kappa shape index (κ3) is 3.91. The summed E-state index contributed by atoms with van der Waals surface area (Å²) in [5.74, 6) is -0.538. The fourth-order valence-electron chi connectivity index (χ4n) is 1.64. The van der Waals surface area contributed by atoms with E-state index in [1.165, 1.54) is 19.2 Å². The number of methoxy groups -OCH3 is 1. The summed E-state index contributed by atoms with van der Waals surface area (Å²) in [5, 5.41) is 8.98. The van der Waals surface area contributed by atoms with Crippen LogP contribution in [-0.4, -0.2) is 19.7 Å². The van der Waals surface area contributed by atoms with E-state index in [9.17, 15) is 13.6 Å². The Balaban J connectivity index is 3.20. The number of benzene rings is 1. The van der Waals surface area contributed by atoms with Gasteiger partial charge in [-0.1, -0.05) is 13.0 Å². The zero-order valence-electron chi connectivity index (χ0n) is 10.6. The summed E-state index contributed by atoms with van der Waals surface area (Å²) in [6.07, 6.45) is 0.364. The lowest BCUT2D eigenvalue weighted by Crippen LogP contribution is -2.09. The van der Waals surface area contributed by atoms with Crippen LogP contribution in [0.1, 0.15) is 23.6 Å². The molecule has 0 heterocycles. The molecule has 0 aliphatic heterocycles. The molecular formula is C13H13F2NO3. The lowest BCUT2D eigenvalue weighted by atomic mass is 10.00. The number of nitrogens with zero attached hydrogens (tertiary/aromatic N) is 1. The van der Waals surface area contributed by atoms with E-state index in [1.54, 1.807) is 6.92 Å². The fourth-order valence-corrected chi connectivity index (χ4v) is 1.64. The van der Waals surface area contributed by atoms with Gasteiger partial charge in [-0.25, -0.2) is 0 Å². The molecule has 0 unspecified atom stereocenters. The van der Waals surface area contributed by atoms with Crippen LogP contribution in [0.15, 0.2) is 12.1 Å². The smallest absolute Gasteiger partial charge is 0.387 e. The number of nitriles is 1. The first-order valence-corrected chi connectivity index (χ1v) is 5.59. The van der Waals surface area contributed by atoms with Crippen LogP contribution in [0.4, 0.5) is 8.78 Å². The Hall–Kier alpha value is -2.16. The van der Waals surface area contributed by atoms with Crippen LogP contribution in [0.3, 0.4) is 0 Å². The van der Waals surface area contributed by atoms with E-state index in [0.29, 0.717) is 17.5 Å². The largest absolute Gasteiger partial charge is 0.469 e.